The third-order valence-electron chi connectivity index (χ3n) is 9.67. The van der Waals surface area contributed by atoms with Crippen LogP contribution in [0.15, 0.2) is 0 Å². The standard InChI is InChI=1S/C34H66O4/c1-18(2)16-26-28(20(5)6)30(22(9)10)31(23(11)12)33(36-26)38-34(25(15)35)32(24(13)14)29(21(7)8)27(37-34)17-19(3)4/h18-33,35H,16-17H2,1-15H3. The molecule has 4 heteroatoms. The first-order valence-electron chi connectivity index (χ1n) is 16.1. The van der Waals surface area contributed by atoms with Crippen LogP contribution in [0.1, 0.15) is 117 Å². The van der Waals surface area contributed by atoms with Crippen LogP contribution in [0.25, 0.3) is 0 Å². The van der Waals surface area contributed by atoms with Crippen molar-refractivity contribution in [1.29, 1.82) is 0 Å². The lowest BCUT2D eigenvalue weighted by Gasteiger charge is -2.54. The van der Waals surface area contributed by atoms with Gasteiger partial charge in [0.1, 0.15) is 6.10 Å². The predicted octanol–water partition coefficient (Wildman–Crippen LogP) is 8.66. The lowest BCUT2D eigenvalue weighted by molar-refractivity contribution is -0.386. The first kappa shape index (κ1) is 34.0. The van der Waals surface area contributed by atoms with Gasteiger partial charge in [0, 0.05) is 11.8 Å². The molecule has 2 heterocycles. The van der Waals surface area contributed by atoms with Crippen LogP contribution in [-0.2, 0) is 14.2 Å². The van der Waals surface area contributed by atoms with E-state index in [4.69, 9.17) is 14.2 Å². The highest BCUT2D eigenvalue weighted by molar-refractivity contribution is 5.03. The third-order valence-corrected chi connectivity index (χ3v) is 9.67. The van der Waals surface area contributed by atoms with Crippen LogP contribution in [0.2, 0.25) is 0 Å². The zero-order valence-electron chi connectivity index (χ0n) is 27.8. The lowest BCUT2D eigenvalue weighted by Crippen LogP contribution is -2.60. The number of hydrogen-bond acceptors (Lipinski definition) is 4. The fourth-order valence-corrected chi connectivity index (χ4v) is 8.42. The van der Waals surface area contributed by atoms with Gasteiger partial charge < -0.3 is 19.3 Å². The van der Waals surface area contributed by atoms with E-state index in [1.54, 1.807) is 0 Å². The van der Waals surface area contributed by atoms with E-state index in [0.717, 1.165) is 12.8 Å². The maximum atomic E-state index is 11.6. The molecular weight excluding hydrogens is 472 g/mol. The van der Waals surface area contributed by atoms with Crippen LogP contribution >= 0.6 is 0 Å². The molecule has 4 nitrogen and oxygen atoms in total. The monoisotopic (exact) mass is 538 g/mol. The molecule has 0 aromatic rings. The van der Waals surface area contributed by atoms with Crippen LogP contribution in [0.4, 0.5) is 0 Å². The number of aliphatic hydroxyl groups is 1. The molecule has 10 atom stereocenters. The van der Waals surface area contributed by atoms with Crippen molar-refractivity contribution in [2.75, 3.05) is 0 Å². The number of aliphatic hydroxyl groups excluding tert-OH is 1. The summed E-state index contributed by atoms with van der Waals surface area (Å²) in [5.74, 6) is 3.79. The average molecular weight is 539 g/mol. The van der Waals surface area contributed by atoms with E-state index in [1.165, 1.54) is 0 Å². The Bertz CT molecular complexity index is 697. The molecule has 226 valence electrons. The van der Waals surface area contributed by atoms with Crippen LogP contribution in [0.3, 0.4) is 0 Å². The Labute approximate surface area is 237 Å². The number of ether oxygens (including phenoxy) is 3. The van der Waals surface area contributed by atoms with E-state index < -0.39 is 18.2 Å². The molecule has 2 saturated heterocycles. The first-order chi connectivity index (χ1) is 17.5. The van der Waals surface area contributed by atoms with Gasteiger partial charge in [-0.05, 0) is 78.9 Å². The molecule has 2 aliphatic rings. The second-order valence-electron chi connectivity index (χ2n) is 15.5. The topological polar surface area (TPSA) is 47.9 Å². The highest BCUT2D eigenvalue weighted by atomic mass is 16.8. The van der Waals surface area contributed by atoms with Gasteiger partial charge in [-0.3, -0.25) is 0 Å². The molecule has 0 radical (unpaired) electrons. The Morgan fingerprint density at radius 3 is 1.39 bits per heavy atom. The van der Waals surface area contributed by atoms with E-state index in [1.807, 2.05) is 6.92 Å². The molecule has 0 saturated carbocycles. The maximum Gasteiger partial charge on any atom is 0.200 e. The van der Waals surface area contributed by atoms with Gasteiger partial charge in [0.05, 0.1) is 12.2 Å². The van der Waals surface area contributed by atoms with Crippen molar-refractivity contribution in [3.05, 3.63) is 0 Å². The Kier molecular flexibility index (Phi) is 12.2. The molecule has 2 aliphatic heterocycles. The molecule has 0 bridgehead atoms. The molecule has 0 aliphatic carbocycles. The summed E-state index contributed by atoms with van der Waals surface area (Å²) in [4.78, 5) is 0. The van der Waals surface area contributed by atoms with E-state index in [2.05, 4.69) is 96.9 Å². The second kappa shape index (κ2) is 13.7. The number of rotatable bonds is 12. The van der Waals surface area contributed by atoms with E-state index in [0.29, 0.717) is 59.2 Å². The molecule has 0 amide bonds. The summed E-state index contributed by atoms with van der Waals surface area (Å²) in [6.45, 7) is 34.3. The second-order valence-corrected chi connectivity index (χ2v) is 15.5. The summed E-state index contributed by atoms with van der Waals surface area (Å²) < 4.78 is 21.4. The SMILES string of the molecule is CC(C)CC1OC(OC2(C(C)O)OC(CC(C)C)C(C(C)C)C2C(C)C)C(C(C)C)C(C(C)C)C1C(C)C. The van der Waals surface area contributed by atoms with Crippen molar-refractivity contribution in [3.63, 3.8) is 0 Å². The van der Waals surface area contributed by atoms with Crippen LogP contribution in [0.5, 0.6) is 0 Å². The zero-order chi connectivity index (χ0) is 29.3. The largest absolute Gasteiger partial charge is 0.388 e. The quantitative estimate of drug-likeness (QED) is 0.270. The molecule has 2 fully saturated rings. The van der Waals surface area contributed by atoms with Crippen molar-refractivity contribution in [2.24, 2.45) is 71.0 Å². The van der Waals surface area contributed by atoms with Gasteiger partial charge in [0.15, 0.2) is 6.29 Å². The summed E-state index contributed by atoms with van der Waals surface area (Å²) in [7, 11) is 0. The summed E-state index contributed by atoms with van der Waals surface area (Å²) in [5, 5.41) is 11.6. The first-order valence-corrected chi connectivity index (χ1v) is 16.1. The van der Waals surface area contributed by atoms with Crippen molar-refractivity contribution >= 4 is 0 Å². The van der Waals surface area contributed by atoms with Gasteiger partial charge in [-0.2, -0.15) is 0 Å². The highest BCUT2D eigenvalue weighted by Crippen LogP contribution is 2.55. The summed E-state index contributed by atoms with van der Waals surface area (Å²) in [5.41, 5.74) is 0. The average Bonchev–Trinajstić information content (AvgIpc) is 3.06. The Hall–Kier alpha value is -0.160. The summed E-state index contributed by atoms with van der Waals surface area (Å²) in [6.07, 6.45) is 1.05. The molecule has 2 rings (SSSR count). The molecule has 0 aromatic carbocycles. The van der Waals surface area contributed by atoms with Gasteiger partial charge in [-0.1, -0.05) is 96.9 Å². The van der Waals surface area contributed by atoms with Gasteiger partial charge in [0.25, 0.3) is 0 Å². The lowest BCUT2D eigenvalue weighted by atomic mass is 9.62. The summed E-state index contributed by atoms with van der Waals surface area (Å²) in [6, 6.07) is 0. The summed E-state index contributed by atoms with van der Waals surface area (Å²) >= 11 is 0. The maximum absolute atomic E-state index is 11.6. The molecule has 0 aromatic heterocycles. The van der Waals surface area contributed by atoms with Gasteiger partial charge >= 0.3 is 0 Å². The minimum absolute atomic E-state index is 0.0638. The van der Waals surface area contributed by atoms with Crippen LogP contribution in [0, 0.1) is 71.0 Å². The minimum Gasteiger partial charge on any atom is -0.388 e. The minimum atomic E-state index is -1.07. The molecule has 0 spiro atoms. The zero-order valence-corrected chi connectivity index (χ0v) is 27.8. The Morgan fingerprint density at radius 1 is 0.579 bits per heavy atom. The van der Waals surface area contributed by atoms with Crippen LogP contribution < -0.4 is 0 Å². The number of hydrogen-bond donors (Lipinski definition) is 1. The van der Waals surface area contributed by atoms with E-state index >= 15 is 0 Å². The highest BCUT2D eigenvalue weighted by Gasteiger charge is 2.62. The van der Waals surface area contributed by atoms with Gasteiger partial charge in [-0.15, -0.1) is 0 Å². The van der Waals surface area contributed by atoms with E-state index in [-0.39, 0.29) is 24.0 Å². The Morgan fingerprint density at radius 2 is 1.03 bits per heavy atom. The van der Waals surface area contributed by atoms with Gasteiger partial charge in [-0.25, -0.2) is 0 Å². The molecular formula is C34H66O4. The smallest absolute Gasteiger partial charge is 0.200 e. The van der Waals surface area contributed by atoms with Gasteiger partial charge in [0.2, 0.25) is 5.79 Å². The van der Waals surface area contributed by atoms with Crippen LogP contribution in [-0.4, -0.2) is 35.5 Å². The normalized spacial score (nSPS) is 37.7. The fourth-order valence-electron chi connectivity index (χ4n) is 8.42. The molecule has 38 heavy (non-hydrogen) atoms. The predicted molar refractivity (Wildman–Crippen MR) is 160 cm³/mol. The fraction of sp³-hybridized carbons (Fsp3) is 1.00. The molecule has 10 unspecified atom stereocenters. The Balaban J connectivity index is 2.66. The van der Waals surface area contributed by atoms with Crippen molar-refractivity contribution in [1.82, 2.24) is 0 Å². The van der Waals surface area contributed by atoms with E-state index in [9.17, 15) is 5.11 Å². The van der Waals surface area contributed by atoms with Crippen molar-refractivity contribution in [2.45, 2.75) is 147 Å². The van der Waals surface area contributed by atoms with Crippen molar-refractivity contribution < 1.29 is 19.3 Å². The third kappa shape index (κ3) is 7.18. The molecule has 1 N–H and O–H groups in total. The van der Waals surface area contributed by atoms with Crippen molar-refractivity contribution in [3.8, 4) is 0 Å².